The minimum atomic E-state index is -0.874. The van der Waals surface area contributed by atoms with Crippen LogP contribution in [0.4, 0.5) is 41.6 Å². The van der Waals surface area contributed by atoms with Gasteiger partial charge in [-0.15, -0.1) is 0 Å². The Kier molecular flexibility index (Phi) is 35.2. The van der Waals surface area contributed by atoms with Crippen LogP contribution in [0.25, 0.3) is 0 Å². The Bertz CT molecular complexity index is 3170. The minimum absolute atomic E-state index is 0.0126. The Morgan fingerprint density at radius 2 is 0.482 bits per heavy atom. The molecule has 0 aromatic carbocycles. The van der Waals surface area contributed by atoms with Gasteiger partial charge in [0.15, 0.2) is 11.6 Å². The number of anilines is 7. The summed E-state index contributed by atoms with van der Waals surface area (Å²) in [7, 11) is 2.38. The van der Waals surface area contributed by atoms with Crippen molar-refractivity contribution in [2.24, 2.45) is 0 Å². The van der Waals surface area contributed by atoms with Crippen molar-refractivity contribution in [1.82, 2.24) is 54.9 Å². The lowest BCUT2D eigenvalue weighted by molar-refractivity contribution is -0.790. The van der Waals surface area contributed by atoms with Crippen LogP contribution in [0.1, 0.15) is 405 Å². The monoisotopic (exact) mass is 1590 g/mol. The van der Waals surface area contributed by atoms with Crippen LogP contribution in [0.5, 0.6) is 0 Å². The molecule has 0 spiro atoms. The summed E-state index contributed by atoms with van der Waals surface area (Å²) in [5.41, 5.74) is -2.53. The van der Waals surface area contributed by atoms with Crippen molar-refractivity contribution in [3.8, 4) is 0 Å². The van der Waals surface area contributed by atoms with E-state index in [1.54, 1.807) is 0 Å². The Morgan fingerprint density at radius 3 is 0.781 bits per heavy atom. The molecule has 3 aromatic heterocycles. The van der Waals surface area contributed by atoms with Gasteiger partial charge in [-0.2, -0.15) is 44.9 Å². The molecule has 8 N–H and O–H groups in total. The third kappa shape index (κ3) is 25.3. The van der Waals surface area contributed by atoms with Crippen LogP contribution in [-0.2, 0) is 11.1 Å². The fraction of sp³-hybridized carbons (Fsp3) is 0.902. The summed E-state index contributed by atoms with van der Waals surface area (Å²) in [6.07, 6.45) is 29.6. The van der Waals surface area contributed by atoms with E-state index >= 15 is 0 Å². The molecule has 22 heteroatoms. The number of nitrogens with zero attached hydrogens (tertiary/aromatic N) is 18. The van der Waals surface area contributed by atoms with E-state index in [2.05, 4.69) is 274 Å². The van der Waals surface area contributed by atoms with Crippen LogP contribution in [-0.4, -0.2) is 189 Å². The van der Waals surface area contributed by atoms with E-state index in [-0.39, 0.29) is 68.5 Å². The number of quaternary nitrogens is 4. The van der Waals surface area contributed by atoms with Gasteiger partial charge in [-0.05, 0) is 194 Å². The molecule has 7 rings (SSSR count). The third-order valence-electron chi connectivity index (χ3n) is 26.1. The van der Waals surface area contributed by atoms with Crippen LogP contribution >= 0.6 is 0 Å². The van der Waals surface area contributed by atoms with Crippen molar-refractivity contribution >= 4 is 41.6 Å². The zero-order valence-corrected chi connectivity index (χ0v) is 79.7. The maximum Gasteiger partial charge on any atom is 0.247 e. The van der Waals surface area contributed by atoms with E-state index in [1.165, 1.54) is 0 Å². The minimum Gasteiger partial charge on any atom is -0.341 e. The Balaban J connectivity index is 1.77. The van der Waals surface area contributed by atoms with E-state index in [1.807, 2.05) is 0 Å². The summed E-state index contributed by atoms with van der Waals surface area (Å²) in [6, 6.07) is 0.0596. The zero-order chi connectivity index (χ0) is 84.5. The average molecular weight is 1590 g/mol. The number of hydrogen-bond acceptors (Lipinski definition) is 18. The van der Waals surface area contributed by atoms with Crippen LogP contribution in [0, 0.1) is 0 Å². The lowest BCUT2D eigenvalue weighted by Gasteiger charge is -2.58. The van der Waals surface area contributed by atoms with Crippen molar-refractivity contribution in [3.63, 3.8) is 0 Å². The van der Waals surface area contributed by atoms with E-state index < -0.39 is 11.1 Å². The van der Waals surface area contributed by atoms with Gasteiger partial charge in [-0.3, -0.25) is 10.0 Å². The van der Waals surface area contributed by atoms with Crippen molar-refractivity contribution in [1.29, 1.82) is 0 Å². The van der Waals surface area contributed by atoms with Crippen molar-refractivity contribution in [2.75, 3.05) is 100 Å². The molecule has 0 unspecified atom stereocenters. The summed E-state index contributed by atoms with van der Waals surface area (Å²) in [5.74, 6) is 7.11. The highest BCUT2D eigenvalue weighted by Gasteiger charge is 2.58. The fourth-order valence-corrected chi connectivity index (χ4v) is 21.8. The summed E-state index contributed by atoms with van der Waals surface area (Å²) < 4.78 is 0. The number of hydrogen-bond donors (Lipinski definition) is 4. The second kappa shape index (κ2) is 41.6. The SMILES string of the molecule is CCCCN(CCCC)c1nc(N(CCCC)CCCC)nc(N(C2CC(C)(C)[NH2+]C(C)(C)C2)N(C2CC(C)(C)[NH2+]C(C)(C)C2)C(CC)(CC)c2nc(N(CCCC)C3CC(C)(C)[NH2+]C(C)(C)C3)nc(N(C3CC(C)(C)[NH2+]C(C)(C)C3)N(C)C(CC)(CC)c3nc(N(CCCC)CCCC)nc(N(CCCC)CCCC)n3)n2)n1. The topological polar surface area (TPSA) is 212 Å². The van der Waals surface area contributed by atoms with Gasteiger partial charge in [0.05, 0.1) is 61.9 Å². The van der Waals surface area contributed by atoms with Crippen molar-refractivity contribution < 1.29 is 21.3 Å². The number of piperidine rings is 4. The molecule has 7 heterocycles. The first kappa shape index (κ1) is 96.5. The molecular weight excluding hydrogens is 1410 g/mol. The van der Waals surface area contributed by atoms with E-state index in [0.717, 1.165) is 286 Å². The molecule has 0 aliphatic carbocycles. The summed E-state index contributed by atoms with van der Waals surface area (Å²) in [5, 5.41) is 21.6. The van der Waals surface area contributed by atoms with Gasteiger partial charge in [-0.1, -0.05) is 148 Å². The van der Waals surface area contributed by atoms with E-state index in [4.69, 9.17) is 44.9 Å². The van der Waals surface area contributed by atoms with Gasteiger partial charge in [0.1, 0.15) is 5.54 Å². The standard InChI is InChI=1S/C92H176N22/c1-31-44-53-107(54-45-32-2)76-93-74(94-77(97-76)108(55-46-33-3)56-47-34-4)91(40-10,41-11)106(30)112(71-64-85(18,19)103-86(20,21)65-71)81-96-75(95-80(101-81)111(61-52-39-9)70-62-83(14,15)102-84(16,17)63-70)92(42-12,43-13)114(73-68-89(26,27)105-90(28,29)69-73)113(72-66-87(22,23)104-88(24,25)67-72)82-99-78(109(57-48-35-5)58-49-36-6)98-79(100-82)110(59-50-37-7)60-51-38-8/h70-73,102-105H,31-69H2,1-30H3/p+4. The fourth-order valence-electron chi connectivity index (χ4n) is 21.8. The molecule has 3 aromatic rings. The number of hydrazine groups is 2. The average Bonchev–Trinajstić information content (AvgIpc) is 0.721. The number of nitrogens with two attached hydrogens (primary N) is 4. The summed E-state index contributed by atoms with van der Waals surface area (Å²) >= 11 is 0. The first-order chi connectivity index (χ1) is 53.6. The molecule has 0 bridgehead atoms. The van der Waals surface area contributed by atoms with Crippen molar-refractivity contribution in [3.05, 3.63) is 11.6 Å². The molecule has 0 radical (unpaired) electrons. The van der Waals surface area contributed by atoms with Crippen LogP contribution in [0.3, 0.4) is 0 Å². The third-order valence-corrected chi connectivity index (χ3v) is 26.1. The quantitative estimate of drug-likeness (QED) is 0.0387. The maximum absolute atomic E-state index is 6.60. The van der Waals surface area contributed by atoms with Crippen LogP contribution in [0.2, 0.25) is 0 Å². The smallest absolute Gasteiger partial charge is 0.247 e. The predicted octanol–water partition coefficient (Wildman–Crippen LogP) is 15.7. The molecule has 0 saturated carbocycles. The first-order valence-corrected chi connectivity index (χ1v) is 47.3. The molecule has 654 valence electrons. The molecular formula is C92H180N22+4. The van der Waals surface area contributed by atoms with Gasteiger partial charge >= 0.3 is 0 Å². The number of aromatic nitrogens is 9. The first-order valence-electron chi connectivity index (χ1n) is 47.3. The number of unbranched alkanes of at least 4 members (excludes halogenated alkanes) is 9. The molecule has 4 saturated heterocycles. The number of rotatable bonds is 48. The van der Waals surface area contributed by atoms with Gasteiger partial charge in [0.25, 0.3) is 0 Å². The Hall–Kier alpha value is -4.61. The molecule has 0 atom stereocenters. The highest BCUT2D eigenvalue weighted by Crippen LogP contribution is 2.48. The maximum atomic E-state index is 6.60. The lowest BCUT2D eigenvalue weighted by atomic mass is 9.76. The van der Waals surface area contributed by atoms with E-state index in [9.17, 15) is 0 Å². The largest absolute Gasteiger partial charge is 0.341 e. The lowest BCUT2D eigenvalue weighted by Crippen LogP contribution is -3.07. The van der Waals surface area contributed by atoms with Gasteiger partial charge in [-0.25, -0.2) is 10.0 Å². The molecule has 4 aliphatic heterocycles. The van der Waals surface area contributed by atoms with Crippen molar-refractivity contribution in [2.45, 2.75) is 473 Å². The molecule has 22 nitrogen and oxygen atoms in total. The Labute approximate surface area is 699 Å². The van der Waals surface area contributed by atoms with Gasteiger partial charge < -0.3 is 45.8 Å². The van der Waals surface area contributed by atoms with Gasteiger partial charge in [0.2, 0.25) is 41.6 Å². The second-order valence-corrected chi connectivity index (χ2v) is 41.8. The molecule has 4 aliphatic rings. The normalized spacial score (nSPS) is 19.7. The molecule has 114 heavy (non-hydrogen) atoms. The highest BCUT2D eigenvalue weighted by molar-refractivity contribution is 5.50. The van der Waals surface area contributed by atoms with Crippen LogP contribution in [0.15, 0.2) is 0 Å². The molecule has 4 fully saturated rings. The molecule has 0 amide bonds. The predicted molar refractivity (Wildman–Crippen MR) is 481 cm³/mol. The van der Waals surface area contributed by atoms with Gasteiger partial charge in [0, 0.05) is 129 Å². The van der Waals surface area contributed by atoms with Crippen LogP contribution < -0.4 is 55.8 Å². The highest BCUT2D eigenvalue weighted by atomic mass is 15.7. The second-order valence-electron chi connectivity index (χ2n) is 41.8. The zero-order valence-electron chi connectivity index (χ0n) is 79.7. The summed E-state index contributed by atoms with van der Waals surface area (Å²) in [6.45, 7) is 78.3. The summed E-state index contributed by atoms with van der Waals surface area (Å²) in [4.78, 5) is 67.8. The van der Waals surface area contributed by atoms with E-state index in [0.29, 0.717) is 18.8 Å². The Morgan fingerprint density at radius 1 is 0.263 bits per heavy atom.